The largest absolute Gasteiger partial charge is 0.503 e. The zero-order chi connectivity index (χ0) is 35.0. The molecule has 2 N–H and O–H groups in total. The molecule has 3 atom stereocenters. The van der Waals surface area contributed by atoms with Gasteiger partial charge in [-0.15, -0.1) is 0 Å². The Kier molecular flexibility index (Phi) is 9.12. The SMILES string of the molecule is CC(C)(C)OC(=O)NC1C(=O)N2C(C(=O)OC(c3ccccc3)c3ccccc3)=C(/C=C3\CCN(c4cccc(F)c4O)C3=O)CS(=O)C12. The highest BCUT2D eigenvalue weighted by atomic mass is 32.2. The molecule has 13 heteroatoms. The van der Waals surface area contributed by atoms with E-state index in [4.69, 9.17) is 9.47 Å². The van der Waals surface area contributed by atoms with Crippen molar-refractivity contribution in [2.24, 2.45) is 0 Å². The standard InChI is InChI=1S/C36H34FN3O8S/c1-36(2,3)48-35(45)38-27-32(43)40-28(34(44)47-30(21-11-6-4-7-12-21)22-13-8-5-9-14-22)24(20-49(46)33(27)40)19-23-17-18-39(31(23)42)26-16-10-15-25(37)29(26)41/h4-16,19,27,30,33,41H,17-18,20H2,1-3H3,(H,38,45)/b23-19+. The Bertz CT molecular complexity index is 1870. The number of nitrogens with zero attached hydrogens (tertiary/aromatic N) is 2. The van der Waals surface area contributed by atoms with Gasteiger partial charge in [-0.2, -0.15) is 0 Å². The second-order valence-electron chi connectivity index (χ2n) is 12.7. The zero-order valence-electron chi connectivity index (χ0n) is 26.9. The van der Waals surface area contributed by atoms with Gasteiger partial charge in [-0.1, -0.05) is 66.7 Å². The fraction of sp³-hybridized carbons (Fsp3) is 0.278. The number of nitrogens with one attached hydrogen (secondary N) is 1. The van der Waals surface area contributed by atoms with Crippen molar-refractivity contribution in [1.82, 2.24) is 10.2 Å². The third-order valence-electron chi connectivity index (χ3n) is 8.18. The molecule has 0 spiro atoms. The number of carbonyl (C=O) groups is 4. The van der Waals surface area contributed by atoms with Gasteiger partial charge >= 0.3 is 12.1 Å². The Morgan fingerprint density at radius 3 is 2.24 bits per heavy atom. The lowest BCUT2D eigenvalue weighted by molar-refractivity contribution is -0.153. The molecule has 2 saturated heterocycles. The zero-order valence-corrected chi connectivity index (χ0v) is 27.7. The van der Waals surface area contributed by atoms with E-state index in [9.17, 15) is 32.9 Å². The van der Waals surface area contributed by atoms with Gasteiger partial charge < -0.3 is 24.8 Å². The van der Waals surface area contributed by atoms with E-state index in [1.807, 2.05) is 12.1 Å². The van der Waals surface area contributed by atoms with Gasteiger partial charge in [0.1, 0.15) is 22.7 Å². The smallest absolute Gasteiger partial charge is 0.408 e. The van der Waals surface area contributed by atoms with E-state index in [1.54, 1.807) is 69.3 Å². The Hall–Kier alpha value is -5.30. The minimum absolute atomic E-state index is 0.0168. The number of ether oxygens (including phenoxy) is 2. The van der Waals surface area contributed by atoms with Crippen LogP contribution in [0.3, 0.4) is 0 Å². The molecule has 2 fully saturated rings. The van der Waals surface area contributed by atoms with Crippen LogP contribution in [0.1, 0.15) is 44.4 Å². The van der Waals surface area contributed by atoms with E-state index in [0.29, 0.717) is 11.1 Å². The first-order chi connectivity index (χ1) is 23.3. The molecular formula is C36H34FN3O8S. The molecule has 11 nitrogen and oxygen atoms in total. The van der Waals surface area contributed by atoms with E-state index in [2.05, 4.69) is 5.32 Å². The highest BCUT2D eigenvalue weighted by molar-refractivity contribution is 7.86. The number of alkyl carbamates (subject to hydrolysis) is 1. The molecule has 0 bridgehead atoms. The Morgan fingerprint density at radius 2 is 1.63 bits per heavy atom. The van der Waals surface area contributed by atoms with Crippen LogP contribution < -0.4 is 10.2 Å². The molecule has 0 saturated carbocycles. The number of hydrogen-bond donors (Lipinski definition) is 2. The molecule has 0 radical (unpaired) electrons. The first-order valence-corrected chi connectivity index (χ1v) is 17.0. The summed E-state index contributed by atoms with van der Waals surface area (Å²) in [6, 6.07) is 20.6. The second-order valence-corrected chi connectivity index (χ2v) is 14.2. The van der Waals surface area contributed by atoms with Gasteiger partial charge in [0.25, 0.3) is 11.8 Å². The molecule has 49 heavy (non-hydrogen) atoms. The average Bonchev–Trinajstić information content (AvgIpc) is 3.42. The number of allylic oxidation sites excluding steroid dienone is 1. The van der Waals surface area contributed by atoms with Crippen LogP contribution in [0.5, 0.6) is 5.75 Å². The molecule has 254 valence electrons. The Morgan fingerprint density at radius 1 is 1.00 bits per heavy atom. The van der Waals surface area contributed by atoms with Crippen molar-refractivity contribution < 1.29 is 42.4 Å². The minimum Gasteiger partial charge on any atom is -0.503 e. The van der Waals surface area contributed by atoms with Gasteiger partial charge in [-0.25, -0.2) is 14.0 Å². The first-order valence-electron chi connectivity index (χ1n) is 15.6. The number of rotatable bonds is 7. The van der Waals surface area contributed by atoms with E-state index in [-0.39, 0.29) is 41.2 Å². The predicted molar refractivity (Wildman–Crippen MR) is 178 cm³/mol. The number of halogens is 1. The van der Waals surface area contributed by atoms with Crippen molar-refractivity contribution in [3.63, 3.8) is 0 Å². The number of β-lactam (4-membered cyclic amide) rings is 1. The quantitative estimate of drug-likeness (QED) is 0.209. The van der Waals surface area contributed by atoms with Crippen LogP contribution in [-0.2, 0) is 34.7 Å². The molecule has 3 heterocycles. The summed E-state index contributed by atoms with van der Waals surface area (Å²) in [7, 11) is -1.82. The van der Waals surface area contributed by atoms with Gasteiger partial charge in [-0.3, -0.25) is 18.7 Å². The number of phenolic OH excluding ortho intramolecular Hbond substituents is 1. The lowest BCUT2D eigenvalue weighted by Crippen LogP contribution is -2.73. The predicted octanol–water partition coefficient (Wildman–Crippen LogP) is 4.61. The fourth-order valence-corrected chi connectivity index (χ4v) is 7.63. The number of fused-ring (bicyclic) bond motifs is 1. The van der Waals surface area contributed by atoms with Crippen molar-refractivity contribution in [3.05, 3.63) is 119 Å². The molecule has 3 unspecified atom stereocenters. The van der Waals surface area contributed by atoms with E-state index in [1.165, 1.54) is 23.1 Å². The fourth-order valence-electron chi connectivity index (χ4n) is 6.00. The van der Waals surface area contributed by atoms with Gasteiger partial charge in [0.05, 0.1) is 22.2 Å². The summed E-state index contributed by atoms with van der Waals surface area (Å²) in [6.45, 7) is 5.09. The van der Waals surface area contributed by atoms with Gasteiger partial charge in [0.2, 0.25) is 0 Å². The summed E-state index contributed by atoms with van der Waals surface area (Å²) in [5.41, 5.74) is 0.558. The maximum atomic E-state index is 14.3. The lowest BCUT2D eigenvalue weighted by atomic mass is 10.00. The number of aromatic hydroxyl groups is 1. The number of hydrogen-bond acceptors (Lipinski definition) is 8. The maximum Gasteiger partial charge on any atom is 0.408 e. The highest BCUT2D eigenvalue weighted by Crippen LogP contribution is 2.39. The molecule has 0 aliphatic carbocycles. The molecule has 6 rings (SSSR count). The minimum atomic E-state index is -1.82. The van der Waals surface area contributed by atoms with Crippen molar-refractivity contribution in [2.45, 2.75) is 50.3 Å². The molecule has 3 aromatic carbocycles. The van der Waals surface area contributed by atoms with E-state index < -0.39 is 69.4 Å². The molecule has 3 aliphatic heterocycles. The number of esters is 1. The lowest BCUT2D eigenvalue weighted by Gasteiger charge is -2.49. The number of phenols is 1. The Balaban J connectivity index is 1.38. The van der Waals surface area contributed by atoms with Crippen molar-refractivity contribution in [2.75, 3.05) is 17.2 Å². The van der Waals surface area contributed by atoms with Crippen LogP contribution in [-0.4, -0.2) is 67.4 Å². The van der Waals surface area contributed by atoms with E-state index >= 15 is 0 Å². The number of para-hydroxylation sites is 1. The maximum absolute atomic E-state index is 14.3. The number of benzene rings is 3. The molecule has 0 aromatic heterocycles. The molecule has 3 aromatic rings. The molecule has 3 aliphatic rings. The van der Waals surface area contributed by atoms with Crippen LogP contribution in [0.15, 0.2) is 102 Å². The first kappa shape index (κ1) is 33.6. The monoisotopic (exact) mass is 687 g/mol. The van der Waals surface area contributed by atoms with Crippen molar-refractivity contribution >= 4 is 40.4 Å². The Labute approximate surface area is 284 Å². The summed E-state index contributed by atoms with van der Waals surface area (Å²) in [5.74, 6) is -3.97. The number of anilines is 1. The van der Waals surface area contributed by atoms with E-state index in [0.717, 1.165) is 11.0 Å². The number of carbonyl (C=O) groups excluding carboxylic acids is 4. The van der Waals surface area contributed by atoms with Crippen LogP contribution in [0.4, 0.5) is 14.9 Å². The topological polar surface area (TPSA) is 143 Å². The summed E-state index contributed by atoms with van der Waals surface area (Å²) in [6.07, 6.45) is -0.196. The normalized spacial score (nSPS) is 21.5. The van der Waals surface area contributed by atoms with Crippen molar-refractivity contribution in [3.8, 4) is 5.75 Å². The second kappa shape index (κ2) is 13.3. The molecule has 3 amide bonds. The summed E-state index contributed by atoms with van der Waals surface area (Å²) < 4.78 is 39.2. The molecular weight excluding hydrogens is 653 g/mol. The third kappa shape index (κ3) is 6.71. The van der Waals surface area contributed by atoms with Crippen LogP contribution in [0.2, 0.25) is 0 Å². The third-order valence-corrected chi connectivity index (χ3v) is 9.80. The van der Waals surface area contributed by atoms with Crippen LogP contribution in [0, 0.1) is 5.82 Å². The summed E-state index contributed by atoms with van der Waals surface area (Å²) >= 11 is 0. The highest BCUT2D eigenvalue weighted by Gasteiger charge is 2.58. The van der Waals surface area contributed by atoms with Crippen LogP contribution >= 0.6 is 0 Å². The number of amides is 3. The van der Waals surface area contributed by atoms with Gasteiger partial charge in [0.15, 0.2) is 17.7 Å². The summed E-state index contributed by atoms with van der Waals surface area (Å²) in [5, 5.41) is 11.7. The summed E-state index contributed by atoms with van der Waals surface area (Å²) in [4.78, 5) is 56.3. The van der Waals surface area contributed by atoms with Gasteiger partial charge in [0, 0.05) is 12.1 Å². The van der Waals surface area contributed by atoms with Crippen molar-refractivity contribution in [1.29, 1.82) is 0 Å². The van der Waals surface area contributed by atoms with Crippen LogP contribution in [0.25, 0.3) is 0 Å². The average molecular weight is 688 g/mol. The van der Waals surface area contributed by atoms with Gasteiger partial charge in [-0.05, 0) is 62.1 Å².